The summed E-state index contributed by atoms with van der Waals surface area (Å²) in [6.45, 7) is 2.19. The van der Waals surface area contributed by atoms with E-state index in [2.05, 4.69) is 0 Å². The monoisotopic (exact) mass is 211 g/mol. The molecule has 1 aromatic rings. The Kier molecular flexibility index (Phi) is 3.63. The van der Waals surface area contributed by atoms with Crippen LogP contribution in [0.1, 0.15) is 12.5 Å². The molecule has 1 unspecified atom stereocenters. The van der Waals surface area contributed by atoms with Crippen LogP contribution in [0.3, 0.4) is 0 Å². The third kappa shape index (κ3) is 2.31. The molecular weight excluding hydrogens is 202 g/mol. The average Bonchev–Trinajstić information content (AvgIpc) is 2.18. The van der Waals surface area contributed by atoms with Crippen molar-refractivity contribution in [2.45, 2.75) is 11.8 Å². The van der Waals surface area contributed by atoms with Crippen molar-refractivity contribution in [2.75, 3.05) is 6.61 Å². The predicted molar refractivity (Wildman–Crippen MR) is 51.4 cm³/mol. The maximum atomic E-state index is 10.7. The van der Waals surface area contributed by atoms with Crippen LogP contribution < -0.4 is 4.74 Å². The minimum absolute atomic E-state index is 0.229. The molecule has 1 rings (SSSR count). The van der Waals surface area contributed by atoms with Crippen LogP contribution in [0, 0.1) is 11.3 Å². The van der Waals surface area contributed by atoms with E-state index in [1.807, 2.05) is 6.07 Å². The highest BCUT2D eigenvalue weighted by atomic mass is 32.2. The van der Waals surface area contributed by atoms with Crippen molar-refractivity contribution in [2.24, 2.45) is 0 Å². The van der Waals surface area contributed by atoms with Crippen molar-refractivity contribution in [1.82, 2.24) is 0 Å². The van der Waals surface area contributed by atoms with E-state index >= 15 is 0 Å². The summed E-state index contributed by atoms with van der Waals surface area (Å²) in [7, 11) is 0. The molecule has 0 fully saturated rings. The van der Waals surface area contributed by atoms with Gasteiger partial charge in [-0.2, -0.15) is 5.26 Å². The van der Waals surface area contributed by atoms with Crippen molar-refractivity contribution in [3.8, 4) is 11.8 Å². The Morgan fingerprint density at radius 3 is 2.86 bits per heavy atom. The molecule has 0 radical (unpaired) electrons. The lowest BCUT2D eigenvalue weighted by atomic mass is 10.2. The van der Waals surface area contributed by atoms with Crippen LogP contribution in [0.2, 0.25) is 0 Å². The van der Waals surface area contributed by atoms with Gasteiger partial charge in [0.05, 0.1) is 17.1 Å². The molecule has 0 aliphatic carbocycles. The molecule has 74 valence electrons. The lowest BCUT2D eigenvalue weighted by Gasteiger charge is -2.05. The zero-order valence-corrected chi connectivity index (χ0v) is 8.37. The topological polar surface area (TPSA) is 70.3 Å². The van der Waals surface area contributed by atoms with Gasteiger partial charge in [0.2, 0.25) is 0 Å². The Morgan fingerprint density at radius 2 is 2.36 bits per heavy atom. The molecule has 1 N–H and O–H groups in total. The Labute approximate surface area is 84.4 Å². The highest BCUT2D eigenvalue weighted by Crippen LogP contribution is 2.21. The van der Waals surface area contributed by atoms with Crippen LogP contribution in [-0.2, 0) is 11.1 Å². The van der Waals surface area contributed by atoms with E-state index in [-0.39, 0.29) is 4.90 Å². The van der Waals surface area contributed by atoms with Crippen LogP contribution in [0.15, 0.2) is 23.1 Å². The maximum absolute atomic E-state index is 10.7. The van der Waals surface area contributed by atoms with E-state index in [1.54, 1.807) is 6.92 Å². The predicted octanol–water partition coefficient (Wildman–Crippen LogP) is 1.54. The first-order valence-electron chi connectivity index (χ1n) is 3.96. The molecule has 0 saturated heterocycles. The minimum atomic E-state index is -2.04. The van der Waals surface area contributed by atoms with Crippen LogP contribution in [0.25, 0.3) is 0 Å². The summed E-state index contributed by atoms with van der Waals surface area (Å²) in [6.07, 6.45) is 0. The highest BCUT2D eigenvalue weighted by Gasteiger charge is 2.07. The Hall–Kier alpha value is -1.38. The molecule has 0 aliphatic rings. The first-order chi connectivity index (χ1) is 6.69. The maximum Gasteiger partial charge on any atom is 0.186 e. The molecule has 4 nitrogen and oxygen atoms in total. The van der Waals surface area contributed by atoms with Crippen LogP contribution >= 0.6 is 0 Å². The van der Waals surface area contributed by atoms with Crippen molar-refractivity contribution in [3.63, 3.8) is 0 Å². The van der Waals surface area contributed by atoms with E-state index in [0.29, 0.717) is 17.9 Å². The number of hydrogen-bond acceptors (Lipinski definition) is 3. The molecule has 0 aromatic heterocycles. The molecule has 0 spiro atoms. The summed E-state index contributed by atoms with van der Waals surface area (Å²) in [5, 5.41) is 8.71. The van der Waals surface area contributed by atoms with Crippen LogP contribution in [0.5, 0.6) is 5.75 Å². The molecule has 14 heavy (non-hydrogen) atoms. The van der Waals surface area contributed by atoms with Gasteiger partial charge >= 0.3 is 0 Å². The second kappa shape index (κ2) is 4.74. The van der Waals surface area contributed by atoms with Gasteiger partial charge < -0.3 is 9.29 Å². The number of hydrogen-bond donors (Lipinski definition) is 1. The van der Waals surface area contributed by atoms with Gasteiger partial charge in [0, 0.05) is 0 Å². The molecule has 0 bridgehead atoms. The number of ether oxygens (including phenoxy) is 1. The molecule has 0 amide bonds. The van der Waals surface area contributed by atoms with E-state index in [1.165, 1.54) is 18.2 Å². The highest BCUT2D eigenvalue weighted by molar-refractivity contribution is 7.79. The van der Waals surface area contributed by atoms with Crippen molar-refractivity contribution < 1.29 is 13.5 Å². The SMILES string of the molecule is CCOc1cc(S(=O)O)ccc1C#N. The fourth-order valence-electron chi connectivity index (χ4n) is 0.979. The zero-order valence-electron chi connectivity index (χ0n) is 7.56. The molecule has 1 atom stereocenters. The molecular formula is C9H9NO3S. The summed E-state index contributed by atoms with van der Waals surface area (Å²) < 4.78 is 24.7. The fourth-order valence-corrected chi connectivity index (χ4v) is 1.37. The molecule has 5 heteroatoms. The summed E-state index contributed by atoms with van der Waals surface area (Å²) in [4.78, 5) is 0.229. The minimum Gasteiger partial charge on any atom is -0.492 e. The van der Waals surface area contributed by atoms with Gasteiger partial charge in [-0.25, -0.2) is 4.21 Å². The van der Waals surface area contributed by atoms with E-state index in [9.17, 15) is 4.21 Å². The summed E-state index contributed by atoms with van der Waals surface area (Å²) >= 11 is -2.04. The molecule has 0 saturated carbocycles. The molecule has 0 heterocycles. The fraction of sp³-hybridized carbons (Fsp3) is 0.222. The number of nitrogens with zero attached hydrogens (tertiary/aromatic N) is 1. The zero-order chi connectivity index (χ0) is 10.6. The van der Waals surface area contributed by atoms with Crippen molar-refractivity contribution in [1.29, 1.82) is 5.26 Å². The lowest BCUT2D eigenvalue weighted by molar-refractivity contribution is 0.338. The summed E-state index contributed by atoms with van der Waals surface area (Å²) in [5.41, 5.74) is 0.362. The first-order valence-corrected chi connectivity index (χ1v) is 5.07. The van der Waals surface area contributed by atoms with Crippen molar-refractivity contribution in [3.05, 3.63) is 23.8 Å². The lowest BCUT2D eigenvalue weighted by Crippen LogP contribution is -1.96. The number of benzene rings is 1. The van der Waals surface area contributed by atoms with Gasteiger partial charge in [-0.05, 0) is 25.1 Å². The van der Waals surface area contributed by atoms with Gasteiger partial charge in [-0.1, -0.05) is 0 Å². The standard InChI is InChI=1S/C9H9NO3S/c1-2-13-9-5-8(14(11)12)4-3-7(9)6-10/h3-5H,2H2,1H3,(H,11,12). The van der Waals surface area contributed by atoms with Gasteiger partial charge in [0.1, 0.15) is 11.8 Å². The largest absolute Gasteiger partial charge is 0.492 e. The second-order valence-electron chi connectivity index (χ2n) is 2.45. The average molecular weight is 211 g/mol. The molecule has 0 aliphatic heterocycles. The van der Waals surface area contributed by atoms with Crippen LogP contribution in [0.4, 0.5) is 0 Å². The van der Waals surface area contributed by atoms with E-state index in [0.717, 1.165) is 0 Å². The quantitative estimate of drug-likeness (QED) is 0.770. The third-order valence-corrected chi connectivity index (χ3v) is 2.23. The summed E-state index contributed by atoms with van der Waals surface area (Å²) in [6, 6.07) is 6.24. The Morgan fingerprint density at radius 1 is 1.64 bits per heavy atom. The van der Waals surface area contributed by atoms with Crippen molar-refractivity contribution >= 4 is 11.1 Å². The van der Waals surface area contributed by atoms with Gasteiger partial charge in [-0.15, -0.1) is 0 Å². The van der Waals surface area contributed by atoms with Gasteiger partial charge in [0.15, 0.2) is 11.1 Å². The third-order valence-electron chi connectivity index (χ3n) is 1.58. The van der Waals surface area contributed by atoms with Gasteiger partial charge in [0.25, 0.3) is 0 Å². The number of rotatable bonds is 3. The summed E-state index contributed by atoms with van der Waals surface area (Å²) in [5.74, 6) is 0.343. The van der Waals surface area contributed by atoms with E-state index in [4.69, 9.17) is 14.6 Å². The smallest absolute Gasteiger partial charge is 0.186 e. The van der Waals surface area contributed by atoms with Crippen LogP contribution in [-0.4, -0.2) is 15.4 Å². The second-order valence-corrected chi connectivity index (χ2v) is 3.42. The normalized spacial score (nSPS) is 11.8. The van der Waals surface area contributed by atoms with E-state index < -0.39 is 11.1 Å². The van der Waals surface area contributed by atoms with Gasteiger partial charge in [-0.3, -0.25) is 0 Å². The Balaban J connectivity index is 3.15. The Bertz CT molecular complexity index is 398. The molecule has 1 aromatic carbocycles. The number of nitriles is 1. The first kappa shape index (κ1) is 10.7.